The molecule has 3 rings (SSSR count). The highest BCUT2D eigenvalue weighted by molar-refractivity contribution is 5.75. The van der Waals surface area contributed by atoms with Crippen LogP contribution in [0.2, 0.25) is 0 Å². The molecular weight excluding hydrogens is 240 g/mol. The summed E-state index contributed by atoms with van der Waals surface area (Å²) in [6, 6.07) is 8.04. The molecule has 2 aromatic rings. The van der Waals surface area contributed by atoms with E-state index in [-0.39, 0.29) is 6.10 Å². The van der Waals surface area contributed by atoms with Crippen molar-refractivity contribution >= 4 is 11.0 Å². The molecule has 0 saturated carbocycles. The van der Waals surface area contributed by atoms with E-state index in [0.717, 1.165) is 29.9 Å². The molecule has 1 saturated heterocycles. The molecule has 19 heavy (non-hydrogen) atoms. The summed E-state index contributed by atoms with van der Waals surface area (Å²) < 4.78 is 7.68. The van der Waals surface area contributed by atoms with Gasteiger partial charge in [-0.1, -0.05) is 19.1 Å². The van der Waals surface area contributed by atoms with E-state index in [1.807, 2.05) is 31.3 Å². The van der Waals surface area contributed by atoms with E-state index >= 15 is 0 Å². The van der Waals surface area contributed by atoms with Crippen molar-refractivity contribution < 1.29 is 9.84 Å². The van der Waals surface area contributed by atoms with Crippen LogP contribution in [0.15, 0.2) is 24.3 Å². The lowest BCUT2D eigenvalue weighted by atomic mass is 9.97. The van der Waals surface area contributed by atoms with Crippen molar-refractivity contribution in [1.29, 1.82) is 0 Å². The molecule has 0 amide bonds. The summed E-state index contributed by atoms with van der Waals surface area (Å²) in [6.07, 6.45) is 1.04. The summed E-state index contributed by atoms with van der Waals surface area (Å²) in [5.74, 6) is 1.33. The van der Waals surface area contributed by atoms with Gasteiger partial charge in [0.1, 0.15) is 5.82 Å². The van der Waals surface area contributed by atoms with Gasteiger partial charge in [-0.15, -0.1) is 0 Å². The predicted octanol–water partition coefficient (Wildman–Crippen LogP) is 1.90. The molecule has 1 N–H and O–H groups in total. The fourth-order valence-electron chi connectivity index (χ4n) is 2.89. The molecule has 1 aromatic carbocycles. The Morgan fingerprint density at radius 1 is 1.47 bits per heavy atom. The number of aryl methyl sites for hydroxylation is 1. The summed E-state index contributed by atoms with van der Waals surface area (Å²) in [4.78, 5) is 4.60. The highest BCUT2D eigenvalue weighted by Gasteiger charge is 2.31. The molecule has 1 aliphatic heterocycles. The standard InChI is InChI=1S/C15H20N2O2/c1-10-7-8-19-15(10)13(18)9-14-16-11-5-3-4-6-12(11)17(14)2/h3-6,10,13,15,18H,7-9H2,1-2H3. The number of benzene rings is 1. The summed E-state index contributed by atoms with van der Waals surface area (Å²) in [5, 5.41) is 10.3. The van der Waals surface area contributed by atoms with Crippen molar-refractivity contribution in [3.05, 3.63) is 30.1 Å². The van der Waals surface area contributed by atoms with Crippen LogP contribution in [-0.4, -0.2) is 33.5 Å². The Hall–Kier alpha value is -1.39. The third-order valence-electron chi connectivity index (χ3n) is 4.10. The van der Waals surface area contributed by atoms with Crippen molar-refractivity contribution in [2.24, 2.45) is 13.0 Å². The molecule has 0 aliphatic carbocycles. The van der Waals surface area contributed by atoms with E-state index in [1.54, 1.807) is 0 Å². The first kappa shape index (κ1) is 12.6. The molecule has 0 radical (unpaired) electrons. The number of aliphatic hydroxyl groups is 1. The normalized spacial score (nSPS) is 25.0. The van der Waals surface area contributed by atoms with Crippen LogP contribution < -0.4 is 0 Å². The molecule has 1 fully saturated rings. The molecule has 102 valence electrons. The van der Waals surface area contributed by atoms with Gasteiger partial charge in [-0.05, 0) is 24.5 Å². The molecule has 4 heteroatoms. The van der Waals surface area contributed by atoms with E-state index in [1.165, 1.54) is 0 Å². The largest absolute Gasteiger partial charge is 0.390 e. The zero-order valence-corrected chi connectivity index (χ0v) is 11.4. The van der Waals surface area contributed by atoms with E-state index in [9.17, 15) is 5.11 Å². The van der Waals surface area contributed by atoms with Crippen LogP contribution in [0.3, 0.4) is 0 Å². The van der Waals surface area contributed by atoms with Crippen LogP contribution in [0.5, 0.6) is 0 Å². The lowest BCUT2D eigenvalue weighted by Gasteiger charge is -2.21. The number of nitrogens with zero attached hydrogens (tertiary/aromatic N) is 2. The third kappa shape index (κ3) is 2.26. The lowest BCUT2D eigenvalue weighted by Crippen LogP contribution is -2.32. The Kier molecular flexibility index (Phi) is 3.29. The first-order chi connectivity index (χ1) is 9.16. The number of ether oxygens (including phenoxy) is 1. The van der Waals surface area contributed by atoms with Crippen LogP contribution in [0.1, 0.15) is 19.2 Å². The zero-order chi connectivity index (χ0) is 13.4. The highest BCUT2D eigenvalue weighted by atomic mass is 16.5. The second kappa shape index (κ2) is 4.94. The summed E-state index contributed by atoms with van der Waals surface area (Å²) in [6.45, 7) is 2.89. The number of hydrogen-bond acceptors (Lipinski definition) is 3. The molecule has 1 aromatic heterocycles. The highest BCUT2D eigenvalue weighted by Crippen LogP contribution is 2.25. The Labute approximate surface area is 113 Å². The second-order valence-corrected chi connectivity index (χ2v) is 5.45. The van der Waals surface area contributed by atoms with Crippen LogP contribution in [0, 0.1) is 5.92 Å². The summed E-state index contributed by atoms with van der Waals surface area (Å²) >= 11 is 0. The maximum Gasteiger partial charge on any atom is 0.112 e. The molecule has 0 bridgehead atoms. The van der Waals surface area contributed by atoms with Crippen LogP contribution in [-0.2, 0) is 18.2 Å². The number of rotatable bonds is 3. The Morgan fingerprint density at radius 2 is 2.26 bits per heavy atom. The van der Waals surface area contributed by atoms with Gasteiger partial charge in [0, 0.05) is 20.1 Å². The Morgan fingerprint density at radius 3 is 2.95 bits per heavy atom. The number of fused-ring (bicyclic) bond motifs is 1. The Bertz CT molecular complexity index is 579. The van der Waals surface area contributed by atoms with E-state index in [0.29, 0.717) is 12.3 Å². The van der Waals surface area contributed by atoms with Gasteiger partial charge in [0.2, 0.25) is 0 Å². The average molecular weight is 260 g/mol. The van der Waals surface area contributed by atoms with Crippen LogP contribution in [0.4, 0.5) is 0 Å². The van der Waals surface area contributed by atoms with Gasteiger partial charge in [-0.25, -0.2) is 4.98 Å². The monoisotopic (exact) mass is 260 g/mol. The second-order valence-electron chi connectivity index (χ2n) is 5.45. The van der Waals surface area contributed by atoms with Crippen molar-refractivity contribution in [3.8, 4) is 0 Å². The number of imidazole rings is 1. The zero-order valence-electron chi connectivity index (χ0n) is 11.4. The molecule has 4 nitrogen and oxygen atoms in total. The molecule has 1 aliphatic rings. The topological polar surface area (TPSA) is 47.3 Å². The van der Waals surface area contributed by atoms with Gasteiger partial charge in [-0.3, -0.25) is 0 Å². The van der Waals surface area contributed by atoms with Crippen molar-refractivity contribution in [2.45, 2.75) is 32.0 Å². The van der Waals surface area contributed by atoms with Gasteiger partial charge in [0.25, 0.3) is 0 Å². The van der Waals surface area contributed by atoms with E-state index < -0.39 is 6.10 Å². The van der Waals surface area contributed by atoms with Crippen molar-refractivity contribution in [1.82, 2.24) is 9.55 Å². The maximum atomic E-state index is 10.3. The van der Waals surface area contributed by atoms with Crippen molar-refractivity contribution in [2.75, 3.05) is 6.61 Å². The molecular formula is C15H20N2O2. The third-order valence-corrected chi connectivity index (χ3v) is 4.10. The summed E-state index contributed by atoms with van der Waals surface area (Å²) in [7, 11) is 2.00. The first-order valence-corrected chi connectivity index (χ1v) is 6.87. The minimum absolute atomic E-state index is 0.0557. The number of aromatic nitrogens is 2. The lowest BCUT2D eigenvalue weighted by molar-refractivity contribution is -0.0168. The number of aliphatic hydroxyl groups excluding tert-OH is 1. The van der Waals surface area contributed by atoms with Gasteiger partial charge in [-0.2, -0.15) is 0 Å². The van der Waals surface area contributed by atoms with Gasteiger partial charge < -0.3 is 14.4 Å². The molecule has 0 spiro atoms. The fraction of sp³-hybridized carbons (Fsp3) is 0.533. The number of hydrogen-bond donors (Lipinski definition) is 1. The predicted molar refractivity (Wildman–Crippen MR) is 73.9 cm³/mol. The quantitative estimate of drug-likeness (QED) is 0.917. The molecule has 3 atom stereocenters. The van der Waals surface area contributed by atoms with Crippen molar-refractivity contribution in [3.63, 3.8) is 0 Å². The first-order valence-electron chi connectivity index (χ1n) is 6.87. The molecule has 2 heterocycles. The van der Waals surface area contributed by atoms with Crippen LogP contribution in [0.25, 0.3) is 11.0 Å². The van der Waals surface area contributed by atoms with Gasteiger partial charge in [0.05, 0.1) is 23.2 Å². The fourth-order valence-corrected chi connectivity index (χ4v) is 2.89. The molecule has 3 unspecified atom stereocenters. The van der Waals surface area contributed by atoms with E-state index in [4.69, 9.17) is 4.74 Å². The SMILES string of the molecule is CC1CCOC1C(O)Cc1nc2ccccc2n1C. The minimum atomic E-state index is -0.479. The number of para-hydroxylation sites is 2. The maximum absolute atomic E-state index is 10.3. The Balaban J connectivity index is 1.83. The van der Waals surface area contributed by atoms with E-state index in [2.05, 4.69) is 16.5 Å². The minimum Gasteiger partial charge on any atom is -0.390 e. The smallest absolute Gasteiger partial charge is 0.112 e. The average Bonchev–Trinajstić information content (AvgIpc) is 2.95. The van der Waals surface area contributed by atoms with Gasteiger partial charge >= 0.3 is 0 Å². The van der Waals surface area contributed by atoms with Crippen LogP contribution >= 0.6 is 0 Å². The van der Waals surface area contributed by atoms with Gasteiger partial charge in [0.15, 0.2) is 0 Å². The summed E-state index contributed by atoms with van der Waals surface area (Å²) in [5.41, 5.74) is 2.08.